The summed E-state index contributed by atoms with van der Waals surface area (Å²) in [6.07, 6.45) is 0.993. The Balaban J connectivity index is 0.00000280. The molecule has 1 amide bonds. The number of thioether (sulfide) groups is 1. The quantitative estimate of drug-likeness (QED) is 0.335. The van der Waals surface area contributed by atoms with Gasteiger partial charge in [-0.25, -0.2) is 4.79 Å². The van der Waals surface area contributed by atoms with E-state index < -0.39 is 0 Å². The van der Waals surface area contributed by atoms with Crippen molar-refractivity contribution in [2.75, 3.05) is 84.2 Å². The van der Waals surface area contributed by atoms with Crippen molar-refractivity contribution in [1.82, 2.24) is 20.0 Å². The maximum atomic E-state index is 11.9. The van der Waals surface area contributed by atoms with Crippen LogP contribution in [0.2, 0.25) is 0 Å². The van der Waals surface area contributed by atoms with Crippen molar-refractivity contribution in [2.45, 2.75) is 18.9 Å². The second-order valence-corrected chi connectivity index (χ2v) is 8.31. The van der Waals surface area contributed by atoms with Crippen molar-refractivity contribution in [1.29, 1.82) is 0 Å². The average molecular weight is 527 g/mol. The summed E-state index contributed by atoms with van der Waals surface area (Å²) in [6, 6.07) is 0. The SMILES string of the molecule is CCOC(=O)N1CCN(C(=NC)NCC2(N3CCOCC3)CCSC2)CC1.I. The summed E-state index contributed by atoms with van der Waals surface area (Å²) in [5.74, 6) is 3.31. The van der Waals surface area contributed by atoms with E-state index in [0.29, 0.717) is 19.7 Å². The van der Waals surface area contributed by atoms with Gasteiger partial charge >= 0.3 is 6.09 Å². The van der Waals surface area contributed by atoms with Gasteiger partial charge in [0.05, 0.1) is 19.8 Å². The fourth-order valence-electron chi connectivity index (χ4n) is 4.03. The van der Waals surface area contributed by atoms with E-state index in [0.717, 1.165) is 57.6 Å². The minimum atomic E-state index is -0.214. The normalized spacial score (nSPS) is 26.7. The molecule has 0 spiro atoms. The molecule has 3 rings (SSSR count). The number of nitrogens with zero attached hydrogens (tertiary/aromatic N) is 4. The van der Waals surface area contributed by atoms with E-state index in [4.69, 9.17) is 9.47 Å². The van der Waals surface area contributed by atoms with Gasteiger partial charge in [0.2, 0.25) is 0 Å². The molecule has 1 N–H and O–H groups in total. The lowest BCUT2D eigenvalue weighted by Gasteiger charge is -2.44. The van der Waals surface area contributed by atoms with Gasteiger partial charge in [0.1, 0.15) is 0 Å². The van der Waals surface area contributed by atoms with E-state index in [-0.39, 0.29) is 35.6 Å². The van der Waals surface area contributed by atoms with Gasteiger partial charge < -0.3 is 24.6 Å². The molecule has 0 radical (unpaired) electrons. The molecule has 10 heteroatoms. The number of rotatable bonds is 4. The number of carbonyl (C=O) groups excluding carboxylic acids is 1. The molecule has 3 aliphatic rings. The highest BCUT2D eigenvalue weighted by Crippen LogP contribution is 2.33. The summed E-state index contributed by atoms with van der Waals surface area (Å²) in [5.41, 5.74) is 0.192. The van der Waals surface area contributed by atoms with E-state index in [2.05, 4.69) is 20.1 Å². The van der Waals surface area contributed by atoms with Gasteiger partial charge in [-0.3, -0.25) is 9.89 Å². The summed E-state index contributed by atoms with van der Waals surface area (Å²) < 4.78 is 10.7. The van der Waals surface area contributed by atoms with Crippen LogP contribution >= 0.6 is 35.7 Å². The highest BCUT2D eigenvalue weighted by Gasteiger charge is 2.41. The molecule has 0 aromatic carbocycles. The predicted molar refractivity (Wildman–Crippen MR) is 124 cm³/mol. The van der Waals surface area contributed by atoms with Crippen molar-refractivity contribution in [3.05, 3.63) is 0 Å². The van der Waals surface area contributed by atoms with Gasteiger partial charge in [0.25, 0.3) is 0 Å². The number of piperazine rings is 1. The van der Waals surface area contributed by atoms with E-state index in [1.54, 1.807) is 4.90 Å². The smallest absolute Gasteiger partial charge is 0.409 e. The van der Waals surface area contributed by atoms with Crippen LogP contribution in [0.4, 0.5) is 4.79 Å². The van der Waals surface area contributed by atoms with Crippen LogP contribution in [0.5, 0.6) is 0 Å². The second kappa shape index (κ2) is 11.7. The topological polar surface area (TPSA) is 69.6 Å². The average Bonchev–Trinajstić information content (AvgIpc) is 3.20. The van der Waals surface area contributed by atoms with Crippen LogP contribution in [0.1, 0.15) is 13.3 Å². The number of amides is 1. The molecule has 0 aromatic heterocycles. The summed E-state index contributed by atoms with van der Waals surface area (Å²) in [4.78, 5) is 23.0. The molecule has 0 saturated carbocycles. The molecule has 0 bridgehead atoms. The zero-order chi connectivity index (χ0) is 19.1. The lowest BCUT2D eigenvalue weighted by atomic mass is 9.95. The molecule has 1 unspecified atom stereocenters. The Morgan fingerprint density at radius 1 is 1.18 bits per heavy atom. The fourth-order valence-corrected chi connectivity index (χ4v) is 5.50. The standard InChI is InChI=1S/C18H33N5O3S.HI/c1-3-26-17(24)22-7-5-21(6-8-22)16(19-2)20-14-18(4-13-27-15-18)23-9-11-25-12-10-23;/h3-15H2,1-2H3,(H,19,20);1H. The highest BCUT2D eigenvalue weighted by atomic mass is 127. The number of halogens is 1. The number of hydrogen-bond acceptors (Lipinski definition) is 6. The number of ether oxygens (including phenoxy) is 2. The summed E-state index contributed by atoms with van der Waals surface area (Å²) in [5, 5.41) is 3.63. The summed E-state index contributed by atoms with van der Waals surface area (Å²) >= 11 is 2.04. The van der Waals surface area contributed by atoms with Crippen molar-refractivity contribution in [2.24, 2.45) is 4.99 Å². The van der Waals surface area contributed by atoms with Gasteiger partial charge in [-0.1, -0.05) is 0 Å². The van der Waals surface area contributed by atoms with Gasteiger partial charge in [-0.2, -0.15) is 11.8 Å². The van der Waals surface area contributed by atoms with Gasteiger partial charge in [0, 0.05) is 64.2 Å². The molecule has 8 nitrogen and oxygen atoms in total. The predicted octanol–water partition coefficient (Wildman–Crippen LogP) is 1.16. The molecule has 0 aliphatic carbocycles. The molecule has 162 valence electrons. The highest BCUT2D eigenvalue weighted by molar-refractivity contribution is 14.0. The zero-order valence-corrected chi connectivity index (χ0v) is 20.2. The first-order valence-electron chi connectivity index (χ1n) is 9.96. The maximum Gasteiger partial charge on any atom is 0.409 e. The van der Waals surface area contributed by atoms with Crippen LogP contribution in [0.15, 0.2) is 4.99 Å². The first-order valence-corrected chi connectivity index (χ1v) is 11.1. The number of hydrogen-bond donors (Lipinski definition) is 1. The largest absolute Gasteiger partial charge is 0.450 e. The van der Waals surface area contributed by atoms with Crippen LogP contribution in [0.3, 0.4) is 0 Å². The van der Waals surface area contributed by atoms with E-state index >= 15 is 0 Å². The minimum Gasteiger partial charge on any atom is -0.450 e. The third-order valence-corrected chi connectivity index (χ3v) is 6.89. The molecule has 1 atom stereocenters. The molecular weight excluding hydrogens is 493 g/mol. The fraction of sp³-hybridized carbons (Fsp3) is 0.889. The molecular formula is C18H34IN5O3S. The lowest BCUT2D eigenvalue weighted by Crippen LogP contribution is -2.61. The molecule has 3 aliphatic heterocycles. The first kappa shape index (κ1) is 23.8. The number of aliphatic imine (C=N–C) groups is 1. The van der Waals surface area contributed by atoms with E-state index in [9.17, 15) is 4.79 Å². The van der Waals surface area contributed by atoms with Crippen LogP contribution in [-0.2, 0) is 9.47 Å². The Morgan fingerprint density at radius 3 is 2.43 bits per heavy atom. The molecule has 3 fully saturated rings. The van der Waals surface area contributed by atoms with E-state index in [1.807, 2.05) is 25.7 Å². The first-order chi connectivity index (χ1) is 13.2. The van der Waals surface area contributed by atoms with Gasteiger partial charge in [0.15, 0.2) is 5.96 Å². The zero-order valence-electron chi connectivity index (χ0n) is 17.0. The summed E-state index contributed by atoms with van der Waals surface area (Å²) in [6.45, 7) is 9.75. The number of nitrogens with one attached hydrogen (secondary N) is 1. The Labute approximate surface area is 189 Å². The summed E-state index contributed by atoms with van der Waals surface area (Å²) in [7, 11) is 1.84. The van der Waals surface area contributed by atoms with Crippen molar-refractivity contribution >= 4 is 47.8 Å². The Kier molecular flexibility index (Phi) is 9.91. The number of guanidine groups is 1. The van der Waals surface area contributed by atoms with Crippen LogP contribution < -0.4 is 5.32 Å². The van der Waals surface area contributed by atoms with Crippen LogP contribution in [-0.4, -0.2) is 116 Å². The Bertz CT molecular complexity index is 519. The van der Waals surface area contributed by atoms with Crippen LogP contribution in [0.25, 0.3) is 0 Å². The molecule has 3 heterocycles. The van der Waals surface area contributed by atoms with Crippen LogP contribution in [0, 0.1) is 0 Å². The maximum absolute atomic E-state index is 11.9. The molecule has 3 saturated heterocycles. The minimum absolute atomic E-state index is 0. The lowest BCUT2D eigenvalue weighted by molar-refractivity contribution is -0.0122. The van der Waals surface area contributed by atoms with E-state index in [1.165, 1.54) is 12.2 Å². The van der Waals surface area contributed by atoms with Gasteiger partial charge in [-0.15, -0.1) is 24.0 Å². The van der Waals surface area contributed by atoms with Crippen molar-refractivity contribution < 1.29 is 14.3 Å². The third kappa shape index (κ3) is 5.79. The monoisotopic (exact) mass is 527 g/mol. The Morgan fingerprint density at radius 2 is 1.86 bits per heavy atom. The number of carbonyl (C=O) groups is 1. The molecule has 0 aromatic rings. The van der Waals surface area contributed by atoms with Crippen molar-refractivity contribution in [3.8, 4) is 0 Å². The Hall–Kier alpha value is -0.460. The van der Waals surface area contributed by atoms with Crippen molar-refractivity contribution in [3.63, 3.8) is 0 Å². The number of morpholine rings is 1. The second-order valence-electron chi connectivity index (χ2n) is 7.20. The molecule has 28 heavy (non-hydrogen) atoms. The van der Waals surface area contributed by atoms with Gasteiger partial charge in [-0.05, 0) is 19.1 Å². The third-order valence-electron chi connectivity index (χ3n) is 5.66.